The molecule has 2 N–H and O–H groups in total. The summed E-state index contributed by atoms with van der Waals surface area (Å²) in [4.78, 5) is 4.32. The van der Waals surface area contributed by atoms with Gasteiger partial charge in [-0.25, -0.2) is 0 Å². The van der Waals surface area contributed by atoms with Crippen molar-refractivity contribution in [2.75, 3.05) is 19.3 Å². The minimum absolute atomic E-state index is 0. The third-order valence-electron chi connectivity index (χ3n) is 4.54. The summed E-state index contributed by atoms with van der Waals surface area (Å²) >= 11 is 9.62. The molecule has 3 unspecified atom stereocenters. The Hall–Kier alpha value is 0.140. The van der Waals surface area contributed by atoms with Gasteiger partial charge in [0.1, 0.15) is 0 Å². The van der Waals surface area contributed by atoms with Crippen LogP contribution >= 0.6 is 51.5 Å². The molecule has 1 fully saturated rings. The molecule has 8 heteroatoms. The highest BCUT2D eigenvalue weighted by Crippen LogP contribution is 2.23. The normalized spacial score (nSPS) is 21.6. The van der Waals surface area contributed by atoms with E-state index in [9.17, 15) is 4.21 Å². The fourth-order valence-corrected chi connectivity index (χ4v) is 5.18. The number of aliphatic imine (C=N–C) groups is 1. The molecule has 0 saturated heterocycles. The van der Waals surface area contributed by atoms with Crippen molar-refractivity contribution in [3.05, 3.63) is 33.3 Å². The molecule has 2 rings (SSSR count). The standard InChI is InChI=1S/C18H27BrClN3OS.HI/c1-3-25(24)16-6-4-5-15(12-16)23-18(21-2)22-10-9-13-11-14(20)7-8-17(13)19;/h7-8,11,15-16H,3-6,9-10,12H2,1-2H3,(H2,21,22,23);1H. The van der Waals surface area contributed by atoms with Crippen molar-refractivity contribution < 1.29 is 4.21 Å². The summed E-state index contributed by atoms with van der Waals surface area (Å²) in [7, 11) is 1.08. The molecule has 0 spiro atoms. The summed E-state index contributed by atoms with van der Waals surface area (Å²) in [6.07, 6.45) is 5.13. The summed E-state index contributed by atoms with van der Waals surface area (Å²) in [5.41, 5.74) is 1.17. The van der Waals surface area contributed by atoms with Crippen LogP contribution in [-0.4, -0.2) is 40.8 Å². The average molecular weight is 577 g/mol. The van der Waals surface area contributed by atoms with E-state index in [0.29, 0.717) is 11.3 Å². The zero-order valence-electron chi connectivity index (χ0n) is 15.3. The van der Waals surface area contributed by atoms with E-state index in [1.165, 1.54) is 5.56 Å². The fraction of sp³-hybridized carbons (Fsp3) is 0.611. The number of benzene rings is 1. The Kier molecular flexibility index (Phi) is 11.7. The van der Waals surface area contributed by atoms with Crippen LogP contribution in [0, 0.1) is 0 Å². The van der Waals surface area contributed by atoms with Crippen LogP contribution in [0.4, 0.5) is 0 Å². The van der Waals surface area contributed by atoms with Gasteiger partial charge in [0.25, 0.3) is 0 Å². The molecule has 1 aliphatic rings. The maximum atomic E-state index is 12.1. The third kappa shape index (κ3) is 7.64. The molecule has 0 aromatic heterocycles. The van der Waals surface area contributed by atoms with E-state index < -0.39 is 10.8 Å². The Labute approximate surface area is 189 Å². The van der Waals surface area contributed by atoms with Crippen molar-refractivity contribution in [2.45, 2.75) is 50.3 Å². The van der Waals surface area contributed by atoms with Crippen LogP contribution in [0.25, 0.3) is 0 Å². The summed E-state index contributed by atoms with van der Waals surface area (Å²) in [5, 5.41) is 7.93. The maximum absolute atomic E-state index is 12.1. The van der Waals surface area contributed by atoms with Gasteiger partial charge in [-0.1, -0.05) is 40.9 Å². The van der Waals surface area contributed by atoms with Crippen molar-refractivity contribution in [3.63, 3.8) is 0 Å². The summed E-state index contributed by atoms with van der Waals surface area (Å²) in [5.74, 6) is 1.56. The van der Waals surface area contributed by atoms with Gasteiger partial charge in [-0.3, -0.25) is 9.20 Å². The predicted octanol–water partition coefficient (Wildman–Crippen LogP) is 4.51. The number of guanidine groups is 1. The van der Waals surface area contributed by atoms with E-state index >= 15 is 0 Å². The minimum Gasteiger partial charge on any atom is -0.356 e. The lowest BCUT2D eigenvalue weighted by Gasteiger charge is -2.30. The van der Waals surface area contributed by atoms with E-state index in [1.807, 2.05) is 25.1 Å². The third-order valence-corrected chi connectivity index (χ3v) is 7.29. The van der Waals surface area contributed by atoms with Crippen LogP contribution in [0.1, 0.15) is 38.2 Å². The Bertz CT molecular complexity index is 632. The summed E-state index contributed by atoms with van der Waals surface area (Å²) in [6.45, 7) is 2.78. The monoisotopic (exact) mass is 575 g/mol. The Morgan fingerprint density at radius 2 is 2.19 bits per heavy atom. The highest BCUT2D eigenvalue weighted by atomic mass is 127. The van der Waals surface area contributed by atoms with Gasteiger partial charge in [0.15, 0.2) is 5.96 Å². The molecule has 1 saturated carbocycles. The van der Waals surface area contributed by atoms with Gasteiger partial charge in [-0.2, -0.15) is 0 Å². The van der Waals surface area contributed by atoms with E-state index in [4.69, 9.17) is 11.6 Å². The van der Waals surface area contributed by atoms with E-state index in [0.717, 1.165) is 59.9 Å². The molecule has 1 aromatic rings. The number of rotatable bonds is 6. The molecule has 4 nitrogen and oxygen atoms in total. The van der Waals surface area contributed by atoms with Crippen LogP contribution in [0.2, 0.25) is 5.02 Å². The molecule has 1 aliphatic carbocycles. The zero-order valence-corrected chi connectivity index (χ0v) is 20.8. The van der Waals surface area contributed by atoms with Gasteiger partial charge >= 0.3 is 0 Å². The van der Waals surface area contributed by atoms with Crippen LogP contribution in [0.5, 0.6) is 0 Å². The van der Waals surface area contributed by atoms with E-state index in [-0.39, 0.29) is 24.0 Å². The first kappa shape index (κ1) is 24.2. The van der Waals surface area contributed by atoms with Gasteiger partial charge in [0, 0.05) is 50.9 Å². The van der Waals surface area contributed by atoms with E-state index in [1.54, 1.807) is 7.05 Å². The summed E-state index contributed by atoms with van der Waals surface area (Å²) in [6, 6.07) is 6.18. The molecule has 3 atom stereocenters. The number of hydrogen-bond donors (Lipinski definition) is 2. The largest absolute Gasteiger partial charge is 0.356 e. The second-order valence-corrected chi connectivity index (χ2v) is 9.58. The lowest BCUT2D eigenvalue weighted by Crippen LogP contribution is -2.47. The van der Waals surface area contributed by atoms with Crippen molar-refractivity contribution in [2.24, 2.45) is 4.99 Å². The molecular formula is C18H28BrClIN3OS. The molecule has 26 heavy (non-hydrogen) atoms. The smallest absolute Gasteiger partial charge is 0.191 e. The van der Waals surface area contributed by atoms with Crippen molar-refractivity contribution in [3.8, 4) is 0 Å². The molecule has 0 bridgehead atoms. The fourth-order valence-electron chi connectivity index (χ4n) is 3.19. The molecule has 148 valence electrons. The van der Waals surface area contributed by atoms with Gasteiger partial charge in [-0.05, 0) is 49.4 Å². The second-order valence-electron chi connectivity index (χ2n) is 6.28. The quantitative estimate of drug-likeness (QED) is 0.298. The highest BCUT2D eigenvalue weighted by Gasteiger charge is 2.25. The average Bonchev–Trinajstić information content (AvgIpc) is 2.63. The van der Waals surface area contributed by atoms with Crippen molar-refractivity contribution in [1.29, 1.82) is 0 Å². The van der Waals surface area contributed by atoms with Gasteiger partial charge in [0.05, 0.1) is 0 Å². The number of nitrogens with zero attached hydrogens (tertiary/aromatic N) is 1. The SMILES string of the molecule is CCS(=O)C1CCCC(NC(=NC)NCCc2cc(Cl)ccc2Br)C1.I. The van der Waals surface area contributed by atoms with Crippen molar-refractivity contribution >= 4 is 68.3 Å². The van der Waals surface area contributed by atoms with Crippen LogP contribution in [0.15, 0.2) is 27.7 Å². The lowest BCUT2D eigenvalue weighted by molar-refractivity contribution is 0.413. The van der Waals surface area contributed by atoms with Gasteiger partial charge in [0.2, 0.25) is 0 Å². The first-order valence-corrected chi connectivity index (χ1v) is 11.4. The topological polar surface area (TPSA) is 53.5 Å². The number of hydrogen-bond acceptors (Lipinski definition) is 2. The van der Waals surface area contributed by atoms with Crippen LogP contribution < -0.4 is 10.6 Å². The first-order chi connectivity index (χ1) is 12.0. The number of halogens is 3. The van der Waals surface area contributed by atoms with Gasteiger partial charge in [-0.15, -0.1) is 24.0 Å². The predicted molar refractivity (Wildman–Crippen MR) is 127 cm³/mol. The molecule has 0 radical (unpaired) electrons. The van der Waals surface area contributed by atoms with Crippen molar-refractivity contribution in [1.82, 2.24) is 10.6 Å². The Morgan fingerprint density at radius 3 is 2.88 bits per heavy atom. The van der Waals surface area contributed by atoms with Crippen LogP contribution in [-0.2, 0) is 17.2 Å². The minimum atomic E-state index is -0.704. The Balaban J connectivity index is 0.00000338. The zero-order chi connectivity index (χ0) is 18.2. The molecule has 0 amide bonds. The molecule has 0 aliphatic heterocycles. The van der Waals surface area contributed by atoms with Crippen LogP contribution in [0.3, 0.4) is 0 Å². The lowest BCUT2D eigenvalue weighted by atomic mass is 9.95. The molecule has 1 aromatic carbocycles. The van der Waals surface area contributed by atoms with Gasteiger partial charge < -0.3 is 10.6 Å². The Morgan fingerprint density at radius 1 is 1.42 bits per heavy atom. The van der Waals surface area contributed by atoms with E-state index in [2.05, 4.69) is 31.6 Å². The highest BCUT2D eigenvalue weighted by molar-refractivity contribution is 14.0. The second kappa shape index (κ2) is 12.6. The summed E-state index contributed by atoms with van der Waals surface area (Å²) < 4.78 is 13.1. The maximum Gasteiger partial charge on any atom is 0.191 e. The number of nitrogens with one attached hydrogen (secondary N) is 2. The first-order valence-electron chi connectivity index (χ1n) is 8.81. The molecular weight excluding hydrogens is 549 g/mol. The molecule has 0 heterocycles.